The van der Waals surface area contributed by atoms with Crippen molar-refractivity contribution in [2.24, 2.45) is 5.16 Å². The molecule has 0 radical (unpaired) electrons. The Bertz CT molecular complexity index is 564. The second-order valence-corrected chi connectivity index (χ2v) is 3.48. The van der Waals surface area contributed by atoms with E-state index in [0.717, 1.165) is 0 Å². The lowest BCUT2D eigenvalue weighted by molar-refractivity contribution is 0.213. The summed E-state index contributed by atoms with van der Waals surface area (Å²) in [5.74, 6) is 0.505. The van der Waals surface area contributed by atoms with Crippen molar-refractivity contribution in [2.75, 3.05) is 12.8 Å². The first-order valence-corrected chi connectivity index (χ1v) is 5.24. The zero-order valence-corrected chi connectivity index (χ0v) is 9.79. The molecule has 2 rings (SSSR count). The molecule has 1 heterocycles. The first kappa shape index (κ1) is 12.1. The summed E-state index contributed by atoms with van der Waals surface area (Å²) in [6.45, 7) is -0.109. The number of aromatic amines is 1. The van der Waals surface area contributed by atoms with Gasteiger partial charge in [0.2, 0.25) is 5.95 Å². The number of nitrogens with zero attached hydrogens (tertiary/aromatic N) is 3. The molecule has 0 atom stereocenters. The fourth-order valence-electron chi connectivity index (χ4n) is 1.58. The minimum atomic E-state index is -0.109. The number of nitrogens with two attached hydrogens (primary N) is 1. The molecule has 0 saturated heterocycles. The van der Waals surface area contributed by atoms with Crippen LogP contribution < -0.4 is 5.73 Å². The van der Waals surface area contributed by atoms with Crippen LogP contribution in [0.1, 0.15) is 17.0 Å². The maximum atomic E-state index is 9.32. The fourth-order valence-corrected chi connectivity index (χ4v) is 1.58. The molecule has 0 fully saturated rings. The normalized spacial score (nSPS) is 11.6. The van der Waals surface area contributed by atoms with Gasteiger partial charge < -0.3 is 15.7 Å². The number of nitrogens with one attached hydrogen (secondary N) is 1. The monoisotopic (exact) mass is 247 g/mol. The molecule has 2 aromatic rings. The third-order valence-electron chi connectivity index (χ3n) is 2.35. The van der Waals surface area contributed by atoms with Crippen LogP contribution in [0.5, 0.6) is 0 Å². The van der Waals surface area contributed by atoms with Crippen LogP contribution in [0, 0.1) is 0 Å². The molecule has 0 spiro atoms. The summed E-state index contributed by atoms with van der Waals surface area (Å²) in [6.07, 6.45) is 0. The lowest BCUT2D eigenvalue weighted by Crippen LogP contribution is -2.10. The van der Waals surface area contributed by atoms with Crippen molar-refractivity contribution in [3.63, 3.8) is 0 Å². The SMILES string of the molecule is CO/N=C(/c1nc(N)n[nH]1)c1ccccc1CO. The lowest BCUT2D eigenvalue weighted by Gasteiger charge is -2.07. The van der Waals surface area contributed by atoms with E-state index in [0.29, 0.717) is 22.7 Å². The standard InChI is InChI=1S/C11H13N5O2/c1-18-16-9(10-13-11(12)15-14-10)8-5-3-2-4-7(8)6-17/h2-5,17H,6H2,1H3,(H3,12,13,14,15)/b16-9+. The Kier molecular flexibility index (Phi) is 3.54. The summed E-state index contributed by atoms with van der Waals surface area (Å²) in [7, 11) is 1.43. The molecule has 7 heteroatoms. The minimum absolute atomic E-state index is 0.109. The molecule has 18 heavy (non-hydrogen) atoms. The molecule has 0 aliphatic rings. The highest BCUT2D eigenvalue weighted by Crippen LogP contribution is 2.14. The Labute approximate surface area is 103 Å². The molecule has 1 aromatic heterocycles. The Morgan fingerprint density at radius 1 is 1.50 bits per heavy atom. The number of rotatable bonds is 4. The Hall–Kier alpha value is -2.41. The summed E-state index contributed by atoms with van der Waals surface area (Å²) in [6, 6.07) is 7.26. The number of aliphatic hydroxyl groups is 1. The average Bonchev–Trinajstić information content (AvgIpc) is 2.82. The van der Waals surface area contributed by atoms with E-state index in [4.69, 9.17) is 10.6 Å². The van der Waals surface area contributed by atoms with Crippen molar-refractivity contribution in [1.82, 2.24) is 15.2 Å². The number of aromatic nitrogens is 3. The fraction of sp³-hybridized carbons (Fsp3) is 0.182. The van der Waals surface area contributed by atoms with Gasteiger partial charge in [0.25, 0.3) is 0 Å². The van der Waals surface area contributed by atoms with Crippen LogP contribution in [0.25, 0.3) is 0 Å². The van der Waals surface area contributed by atoms with Gasteiger partial charge in [0.15, 0.2) is 11.5 Å². The van der Waals surface area contributed by atoms with Gasteiger partial charge in [-0.1, -0.05) is 29.4 Å². The van der Waals surface area contributed by atoms with Gasteiger partial charge in [-0.25, -0.2) is 0 Å². The minimum Gasteiger partial charge on any atom is -0.399 e. The number of anilines is 1. The van der Waals surface area contributed by atoms with E-state index in [9.17, 15) is 5.11 Å². The van der Waals surface area contributed by atoms with Gasteiger partial charge in [-0.2, -0.15) is 4.98 Å². The summed E-state index contributed by atoms with van der Waals surface area (Å²) >= 11 is 0. The number of oxime groups is 1. The summed E-state index contributed by atoms with van der Waals surface area (Å²) in [5, 5.41) is 19.6. The molecule has 0 unspecified atom stereocenters. The maximum Gasteiger partial charge on any atom is 0.239 e. The van der Waals surface area contributed by atoms with E-state index in [1.54, 1.807) is 6.07 Å². The largest absolute Gasteiger partial charge is 0.399 e. The van der Waals surface area contributed by atoms with Crippen LogP contribution in [-0.4, -0.2) is 33.1 Å². The van der Waals surface area contributed by atoms with Gasteiger partial charge in [0, 0.05) is 5.56 Å². The van der Waals surface area contributed by atoms with Crippen molar-refractivity contribution in [3.05, 3.63) is 41.2 Å². The third kappa shape index (κ3) is 2.30. The predicted octanol–water partition coefficient (Wildman–Crippen LogP) is 0.278. The number of hydrogen-bond donors (Lipinski definition) is 3. The lowest BCUT2D eigenvalue weighted by atomic mass is 10.0. The van der Waals surface area contributed by atoms with Gasteiger partial charge >= 0.3 is 0 Å². The van der Waals surface area contributed by atoms with Crippen LogP contribution in [0.15, 0.2) is 29.4 Å². The first-order chi connectivity index (χ1) is 8.76. The third-order valence-corrected chi connectivity index (χ3v) is 2.35. The van der Waals surface area contributed by atoms with Crippen molar-refractivity contribution in [1.29, 1.82) is 0 Å². The van der Waals surface area contributed by atoms with Crippen molar-refractivity contribution in [3.8, 4) is 0 Å². The Morgan fingerprint density at radius 3 is 2.89 bits per heavy atom. The Morgan fingerprint density at radius 2 is 2.28 bits per heavy atom. The van der Waals surface area contributed by atoms with Crippen LogP contribution in [0.4, 0.5) is 5.95 Å². The molecule has 4 N–H and O–H groups in total. The van der Waals surface area contributed by atoms with E-state index < -0.39 is 0 Å². The van der Waals surface area contributed by atoms with Crippen molar-refractivity contribution >= 4 is 11.7 Å². The van der Waals surface area contributed by atoms with Gasteiger partial charge in [-0.3, -0.25) is 5.10 Å². The highest BCUT2D eigenvalue weighted by molar-refractivity contribution is 6.11. The molecular formula is C11H13N5O2. The molecule has 0 bridgehead atoms. The molecule has 0 aliphatic carbocycles. The summed E-state index contributed by atoms with van der Waals surface area (Å²) in [4.78, 5) is 8.80. The first-order valence-electron chi connectivity index (χ1n) is 5.24. The van der Waals surface area contributed by atoms with Gasteiger partial charge in [-0.05, 0) is 5.56 Å². The van der Waals surface area contributed by atoms with E-state index in [1.807, 2.05) is 18.2 Å². The highest BCUT2D eigenvalue weighted by Gasteiger charge is 2.15. The number of aliphatic hydroxyl groups excluding tert-OH is 1. The molecule has 94 valence electrons. The second kappa shape index (κ2) is 5.28. The molecule has 0 saturated carbocycles. The molecule has 7 nitrogen and oxygen atoms in total. The highest BCUT2D eigenvalue weighted by atomic mass is 16.6. The Balaban J connectivity index is 2.52. The second-order valence-electron chi connectivity index (χ2n) is 3.48. The quantitative estimate of drug-likeness (QED) is 0.531. The number of benzene rings is 1. The van der Waals surface area contributed by atoms with E-state index in [1.165, 1.54) is 7.11 Å². The van der Waals surface area contributed by atoms with Crippen LogP contribution >= 0.6 is 0 Å². The zero-order valence-electron chi connectivity index (χ0n) is 9.79. The maximum absolute atomic E-state index is 9.32. The predicted molar refractivity (Wildman–Crippen MR) is 65.8 cm³/mol. The smallest absolute Gasteiger partial charge is 0.239 e. The molecule has 1 aromatic carbocycles. The summed E-state index contributed by atoms with van der Waals surface area (Å²) in [5.41, 5.74) is 7.32. The molecule has 0 amide bonds. The van der Waals surface area contributed by atoms with Crippen molar-refractivity contribution < 1.29 is 9.94 Å². The topological polar surface area (TPSA) is 109 Å². The van der Waals surface area contributed by atoms with Gasteiger partial charge in [0.1, 0.15) is 7.11 Å². The average molecular weight is 247 g/mol. The van der Waals surface area contributed by atoms with Crippen LogP contribution in [0.3, 0.4) is 0 Å². The van der Waals surface area contributed by atoms with Crippen LogP contribution in [-0.2, 0) is 11.4 Å². The number of nitrogen functional groups attached to an aromatic ring is 1. The van der Waals surface area contributed by atoms with Gasteiger partial charge in [0.05, 0.1) is 6.61 Å². The number of H-pyrrole nitrogens is 1. The van der Waals surface area contributed by atoms with Crippen LogP contribution in [0.2, 0.25) is 0 Å². The van der Waals surface area contributed by atoms with Crippen molar-refractivity contribution in [2.45, 2.75) is 6.61 Å². The molecule has 0 aliphatic heterocycles. The number of hydrogen-bond acceptors (Lipinski definition) is 6. The summed E-state index contributed by atoms with van der Waals surface area (Å²) < 4.78 is 0. The molecular weight excluding hydrogens is 234 g/mol. The van der Waals surface area contributed by atoms with E-state index in [2.05, 4.69) is 20.3 Å². The van der Waals surface area contributed by atoms with Gasteiger partial charge in [-0.15, -0.1) is 5.10 Å². The van der Waals surface area contributed by atoms with E-state index in [-0.39, 0.29) is 12.6 Å². The van der Waals surface area contributed by atoms with E-state index >= 15 is 0 Å². The zero-order chi connectivity index (χ0) is 13.0.